The smallest absolute Gasteiger partial charge is 0.338 e. The van der Waals surface area contributed by atoms with E-state index in [-0.39, 0.29) is 12.2 Å². The van der Waals surface area contributed by atoms with Crippen LogP contribution in [0.5, 0.6) is 0 Å². The van der Waals surface area contributed by atoms with Gasteiger partial charge in [0.25, 0.3) is 5.56 Å². The number of carbonyl (C=O) groups excluding carboxylic acids is 1. The van der Waals surface area contributed by atoms with Gasteiger partial charge >= 0.3 is 5.97 Å². The second-order valence-corrected chi connectivity index (χ2v) is 9.20. The summed E-state index contributed by atoms with van der Waals surface area (Å²) in [6.07, 6.45) is 1.81. The highest BCUT2D eigenvalue weighted by Gasteiger charge is 2.33. The van der Waals surface area contributed by atoms with Gasteiger partial charge in [-0.25, -0.2) is 9.79 Å². The van der Waals surface area contributed by atoms with Crippen molar-refractivity contribution in [2.75, 3.05) is 20.3 Å². The number of esters is 1. The third kappa shape index (κ3) is 4.43. The van der Waals surface area contributed by atoms with E-state index in [0.29, 0.717) is 32.2 Å². The van der Waals surface area contributed by atoms with Crippen LogP contribution >= 0.6 is 34.3 Å². The van der Waals surface area contributed by atoms with Crippen molar-refractivity contribution in [2.24, 2.45) is 4.99 Å². The monoisotopic (exact) mass is 474 g/mol. The zero-order valence-electron chi connectivity index (χ0n) is 16.8. The number of allylic oxidation sites excluding steroid dienone is 1. The molecule has 0 aliphatic carbocycles. The SMILES string of the molecule is COCCOC(=O)C1=C(C)N=c2s/c(=C/c3ccc(Cl)cc3)c(=O)n2[C@H]1c1cccs1. The van der Waals surface area contributed by atoms with E-state index in [2.05, 4.69) is 4.99 Å². The van der Waals surface area contributed by atoms with Gasteiger partial charge in [0.15, 0.2) is 4.80 Å². The number of fused-ring (bicyclic) bond motifs is 1. The molecule has 1 aromatic carbocycles. The van der Waals surface area contributed by atoms with E-state index in [9.17, 15) is 9.59 Å². The summed E-state index contributed by atoms with van der Waals surface area (Å²) < 4.78 is 12.5. The minimum absolute atomic E-state index is 0.129. The number of thiazole rings is 1. The Balaban J connectivity index is 1.84. The van der Waals surface area contributed by atoms with Gasteiger partial charge in [0, 0.05) is 17.0 Å². The zero-order valence-corrected chi connectivity index (χ0v) is 19.2. The summed E-state index contributed by atoms with van der Waals surface area (Å²) in [5.41, 5.74) is 1.56. The van der Waals surface area contributed by atoms with Gasteiger partial charge in [0.1, 0.15) is 12.6 Å². The summed E-state index contributed by atoms with van der Waals surface area (Å²) in [7, 11) is 1.54. The van der Waals surface area contributed by atoms with Gasteiger partial charge in [-0.05, 0) is 42.1 Å². The van der Waals surface area contributed by atoms with Crippen molar-refractivity contribution in [2.45, 2.75) is 13.0 Å². The number of hydrogen-bond donors (Lipinski definition) is 0. The lowest BCUT2D eigenvalue weighted by Crippen LogP contribution is -2.39. The van der Waals surface area contributed by atoms with Crippen LogP contribution in [0.4, 0.5) is 0 Å². The Bertz CT molecular complexity index is 1300. The fourth-order valence-electron chi connectivity index (χ4n) is 3.30. The topological polar surface area (TPSA) is 69.9 Å². The molecular weight excluding hydrogens is 456 g/mol. The van der Waals surface area contributed by atoms with E-state index >= 15 is 0 Å². The number of ether oxygens (including phenoxy) is 2. The summed E-state index contributed by atoms with van der Waals surface area (Å²) in [5, 5.41) is 2.55. The first-order valence-corrected chi connectivity index (χ1v) is 11.5. The largest absolute Gasteiger partial charge is 0.460 e. The van der Waals surface area contributed by atoms with E-state index in [4.69, 9.17) is 21.1 Å². The zero-order chi connectivity index (χ0) is 22.0. The lowest BCUT2D eigenvalue weighted by molar-refractivity contribution is -0.140. The molecule has 0 N–H and O–H groups in total. The molecule has 4 rings (SSSR count). The number of halogens is 1. The van der Waals surface area contributed by atoms with Crippen LogP contribution < -0.4 is 14.9 Å². The first kappa shape index (κ1) is 21.7. The number of aromatic nitrogens is 1. The van der Waals surface area contributed by atoms with E-state index in [1.807, 2.05) is 35.7 Å². The summed E-state index contributed by atoms with van der Waals surface area (Å²) in [6.45, 7) is 2.19. The average molecular weight is 475 g/mol. The van der Waals surface area contributed by atoms with Gasteiger partial charge in [-0.15, -0.1) is 11.3 Å². The number of carbonyl (C=O) groups is 1. The van der Waals surface area contributed by atoms with Gasteiger partial charge in [-0.2, -0.15) is 0 Å². The van der Waals surface area contributed by atoms with Crippen LogP contribution in [-0.2, 0) is 14.3 Å². The number of thiophene rings is 1. The predicted molar refractivity (Wildman–Crippen MR) is 122 cm³/mol. The van der Waals surface area contributed by atoms with E-state index in [0.717, 1.165) is 10.4 Å². The van der Waals surface area contributed by atoms with Crippen LogP contribution in [0.2, 0.25) is 5.02 Å². The molecule has 0 amide bonds. The van der Waals surface area contributed by atoms with Crippen LogP contribution in [0.25, 0.3) is 6.08 Å². The minimum atomic E-state index is -0.585. The molecule has 3 aromatic rings. The maximum atomic E-state index is 13.4. The van der Waals surface area contributed by atoms with Gasteiger partial charge in [0.05, 0.1) is 22.4 Å². The molecule has 0 unspecified atom stereocenters. The number of rotatable bonds is 6. The first-order chi connectivity index (χ1) is 15.0. The van der Waals surface area contributed by atoms with Crippen molar-refractivity contribution >= 4 is 46.3 Å². The predicted octanol–water partition coefficient (Wildman–Crippen LogP) is 3.14. The maximum absolute atomic E-state index is 13.4. The molecular formula is C22H19ClN2O4S2. The third-order valence-electron chi connectivity index (χ3n) is 4.74. The Morgan fingerprint density at radius 2 is 2.03 bits per heavy atom. The molecule has 160 valence electrons. The quantitative estimate of drug-likeness (QED) is 0.406. The molecule has 0 bridgehead atoms. The molecule has 1 atom stereocenters. The molecule has 0 saturated carbocycles. The molecule has 1 aliphatic rings. The molecule has 6 nitrogen and oxygen atoms in total. The van der Waals surface area contributed by atoms with Crippen molar-refractivity contribution < 1.29 is 14.3 Å². The molecule has 0 saturated heterocycles. The Morgan fingerprint density at radius 1 is 1.26 bits per heavy atom. The number of nitrogens with zero attached hydrogens (tertiary/aromatic N) is 2. The van der Waals surface area contributed by atoms with Crippen LogP contribution in [0, 0.1) is 0 Å². The fraction of sp³-hybridized carbons (Fsp3) is 0.227. The summed E-state index contributed by atoms with van der Waals surface area (Å²) in [4.78, 5) is 32.3. The molecule has 0 fully saturated rings. The van der Waals surface area contributed by atoms with Crippen molar-refractivity contribution in [3.05, 3.63) is 88.2 Å². The van der Waals surface area contributed by atoms with Gasteiger partial charge in [-0.3, -0.25) is 9.36 Å². The summed E-state index contributed by atoms with van der Waals surface area (Å²) in [6, 6.07) is 10.5. The van der Waals surface area contributed by atoms with Crippen molar-refractivity contribution in [3.63, 3.8) is 0 Å². The maximum Gasteiger partial charge on any atom is 0.338 e. The van der Waals surface area contributed by atoms with Crippen LogP contribution in [0.1, 0.15) is 23.4 Å². The summed E-state index contributed by atoms with van der Waals surface area (Å²) >= 11 is 8.74. The van der Waals surface area contributed by atoms with Crippen molar-refractivity contribution in [1.29, 1.82) is 0 Å². The van der Waals surface area contributed by atoms with E-state index in [1.165, 1.54) is 22.7 Å². The second kappa shape index (κ2) is 9.32. The molecule has 31 heavy (non-hydrogen) atoms. The Hall–Kier alpha value is -2.52. The van der Waals surface area contributed by atoms with Crippen molar-refractivity contribution in [3.8, 4) is 0 Å². The van der Waals surface area contributed by atoms with Gasteiger partial charge in [-0.1, -0.05) is 41.1 Å². The Labute approximate surface area is 191 Å². The molecule has 0 radical (unpaired) electrons. The number of hydrogen-bond acceptors (Lipinski definition) is 7. The Kier molecular flexibility index (Phi) is 6.52. The van der Waals surface area contributed by atoms with Crippen LogP contribution in [-0.4, -0.2) is 30.9 Å². The van der Waals surface area contributed by atoms with E-state index < -0.39 is 12.0 Å². The molecule has 3 heterocycles. The highest BCUT2D eigenvalue weighted by atomic mass is 35.5. The minimum Gasteiger partial charge on any atom is -0.460 e. The molecule has 0 spiro atoms. The highest BCUT2D eigenvalue weighted by Crippen LogP contribution is 2.33. The van der Waals surface area contributed by atoms with Crippen LogP contribution in [0.3, 0.4) is 0 Å². The number of benzene rings is 1. The van der Waals surface area contributed by atoms with Crippen molar-refractivity contribution in [1.82, 2.24) is 4.57 Å². The van der Waals surface area contributed by atoms with Crippen LogP contribution in [0.15, 0.2) is 62.8 Å². The lowest BCUT2D eigenvalue weighted by atomic mass is 10.0. The molecule has 2 aromatic heterocycles. The standard InChI is InChI=1S/C22H19ClN2O4S2/c1-13-18(21(27)29-10-9-28-2)19(16-4-3-11-30-16)25-20(26)17(31-22(25)24-13)12-14-5-7-15(23)8-6-14/h3-8,11-12,19H,9-10H2,1-2H3/b17-12+/t19-/m0/s1. The van der Waals surface area contributed by atoms with Gasteiger partial charge < -0.3 is 9.47 Å². The average Bonchev–Trinajstić information content (AvgIpc) is 3.38. The third-order valence-corrected chi connectivity index (χ3v) is 6.90. The molecule has 9 heteroatoms. The normalized spacial score (nSPS) is 16.2. The Morgan fingerprint density at radius 3 is 2.71 bits per heavy atom. The van der Waals surface area contributed by atoms with Gasteiger partial charge in [0.2, 0.25) is 0 Å². The lowest BCUT2D eigenvalue weighted by Gasteiger charge is -2.23. The highest BCUT2D eigenvalue weighted by molar-refractivity contribution is 7.10. The second-order valence-electron chi connectivity index (χ2n) is 6.78. The van der Waals surface area contributed by atoms with E-state index in [1.54, 1.807) is 30.7 Å². The summed E-state index contributed by atoms with van der Waals surface area (Å²) in [5.74, 6) is -0.497. The number of methoxy groups -OCH3 is 1. The fourth-order valence-corrected chi connectivity index (χ4v) is 5.30. The molecule has 1 aliphatic heterocycles. The first-order valence-electron chi connectivity index (χ1n) is 9.47.